The lowest BCUT2D eigenvalue weighted by Gasteiger charge is -2.33. The first-order valence-corrected chi connectivity index (χ1v) is 13.0. The number of rotatable bonds is 7. The highest BCUT2D eigenvalue weighted by Gasteiger charge is 2.47. The maximum Gasteiger partial charge on any atom is 0.254 e. The highest BCUT2D eigenvalue weighted by atomic mass is 35.5. The number of nitrogens with zero attached hydrogens (tertiary/aromatic N) is 2. The van der Waals surface area contributed by atoms with Crippen molar-refractivity contribution in [3.8, 4) is 0 Å². The summed E-state index contributed by atoms with van der Waals surface area (Å²) >= 11 is 6.14. The zero-order valence-electron chi connectivity index (χ0n) is 19.4. The molecule has 3 atom stereocenters. The first-order valence-electron chi connectivity index (χ1n) is 12.6. The van der Waals surface area contributed by atoms with E-state index in [-0.39, 0.29) is 23.9 Å². The molecule has 6 heteroatoms. The standard InChI is InChI=1S/C26H38ClN3O2/c1-19-11-15-29(16-12-19)14-5-4-13-28-25(31)24-18-20-7-2-3-10-23(20)30(24)26(32)21-8-6-9-22(27)17-21/h6,8-9,17,19-20,23-24H,2-5,7,10-16,18H2,1H3,(H,28,31)/t20-,23-,24+/m1/s1. The summed E-state index contributed by atoms with van der Waals surface area (Å²) in [7, 11) is 0. The topological polar surface area (TPSA) is 52.7 Å². The monoisotopic (exact) mass is 459 g/mol. The smallest absolute Gasteiger partial charge is 0.254 e. The number of nitrogens with one attached hydrogen (secondary N) is 1. The summed E-state index contributed by atoms with van der Waals surface area (Å²) in [5.41, 5.74) is 0.581. The molecule has 2 amide bonds. The van der Waals surface area contributed by atoms with Crippen LogP contribution in [0.2, 0.25) is 5.02 Å². The maximum absolute atomic E-state index is 13.4. The van der Waals surface area contributed by atoms with Gasteiger partial charge in [0.2, 0.25) is 5.91 Å². The first kappa shape index (κ1) is 23.6. The first-order chi connectivity index (χ1) is 15.5. The number of piperidine rings is 1. The second-order valence-electron chi connectivity index (χ2n) is 10.1. The number of halogens is 1. The summed E-state index contributed by atoms with van der Waals surface area (Å²) in [5, 5.41) is 3.70. The van der Waals surface area contributed by atoms with Crippen LogP contribution >= 0.6 is 11.6 Å². The van der Waals surface area contributed by atoms with Crippen LogP contribution in [0.5, 0.6) is 0 Å². The van der Waals surface area contributed by atoms with Crippen molar-refractivity contribution < 1.29 is 9.59 Å². The van der Waals surface area contributed by atoms with Gasteiger partial charge in [0.1, 0.15) is 6.04 Å². The predicted octanol–water partition coefficient (Wildman–Crippen LogP) is 4.74. The molecule has 5 nitrogen and oxygen atoms in total. The molecule has 2 aliphatic heterocycles. The van der Waals surface area contributed by atoms with Crippen molar-refractivity contribution in [1.82, 2.24) is 15.1 Å². The number of carbonyl (C=O) groups excluding carboxylic acids is 2. The van der Waals surface area contributed by atoms with Crippen molar-refractivity contribution >= 4 is 23.4 Å². The molecule has 3 aliphatic rings. The van der Waals surface area contributed by atoms with E-state index in [1.165, 1.54) is 32.4 Å². The van der Waals surface area contributed by atoms with Crippen molar-refractivity contribution in [3.63, 3.8) is 0 Å². The number of likely N-dealkylation sites (tertiary alicyclic amines) is 2. The Morgan fingerprint density at radius 2 is 1.88 bits per heavy atom. The van der Waals surface area contributed by atoms with E-state index < -0.39 is 0 Å². The number of carbonyl (C=O) groups is 2. The van der Waals surface area contributed by atoms with Crippen molar-refractivity contribution in [1.29, 1.82) is 0 Å². The Morgan fingerprint density at radius 1 is 1.09 bits per heavy atom. The van der Waals surface area contributed by atoms with E-state index in [2.05, 4.69) is 17.1 Å². The Labute approximate surface area is 197 Å². The number of hydrogen-bond donors (Lipinski definition) is 1. The Bertz CT molecular complexity index is 793. The molecule has 1 aliphatic carbocycles. The molecule has 2 heterocycles. The summed E-state index contributed by atoms with van der Waals surface area (Å²) in [6, 6.07) is 6.92. The van der Waals surface area contributed by atoms with Crippen LogP contribution in [0.4, 0.5) is 0 Å². The fourth-order valence-electron chi connectivity index (χ4n) is 5.83. The molecule has 2 saturated heterocycles. The van der Waals surface area contributed by atoms with Crippen LogP contribution in [0.25, 0.3) is 0 Å². The van der Waals surface area contributed by atoms with Crippen molar-refractivity contribution in [2.45, 2.75) is 76.8 Å². The van der Waals surface area contributed by atoms with Crippen LogP contribution in [-0.2, 0) is 4.79 Å². The predicted molar refractivity (Wildman–Crippen MR) is 129 cm³/mol. The average Bonchev–Trinajstić information content (AvgIpc) is 3.19. The molecular formula is C26H38ClN3O2. The van der Waals surface area contributed by atoms with E-state index in [1.54, 1.807) is 18.2 Å². The van der Waals surface area contributed by atoms with E-state index in [9.17, 15) is 9.59 Å². The van der Waals surface area contributed by atoms with Crippen LogP contribution < -0.4 is 5.32 Å². The van der Waals surface area contributed by atoms with Gasteiger partial charge < -0.3 is 15.1 Å². The highest BCUT2D eigenvalue weighted by Crippen LogP contribution is 2.40. The quantitative estimate of drug-likeness (QED) is 0.599. The van der Waals surface area contributed by atoms with Crippen LogP contribution in [0.15, 0.2) is 24.3 Å². The van der Waals surface area contributed by atoms with Gasteiger partial charge in [-0.15, -0.1) is 0 Å². The van der Waals surface area contributed by atoms with Crippen LogP contribution in [-0.4, -0.2) is 59.9 Å². The number of hydrogen-bond acceptors (Lipinski definition) is 3. The van der Waals surface area contributed by atoms with E-state index in [1.807, 2.05) is 11.0 Å². The largest absolute Gasteiger partial charge is 0.354 e. The maximum atomic E-state index is 13.4. The molecule has 176 valence electrons. The number of benzene rings is 1. The summed E-state index contributed by atoms with van der Waals surface area (Å²) in [6.07, 6.45) is 9.92. The minimum atomic E-state index is -0.363. The Morgan fingerprint density at radius 3 is 2.66 bits per heavy atom. The zero-order chi connectivity index (χ0) is 22.5. The number of amides is 2. The van der Waals surface area contributed by atoms with Crippen molar-refractivity contribution in [2.75, 3.05) is 26.2 Å². The lowest BCUT2D eigenvalue weighted by atomic mass is 9.84. The van der Waals surface area contributed by atoms with Gasteiger partial charge in [-0.25, -0.2) is 0 Å². The third kappa shape index (κ3) is 5.66. The molecule has 1 saturated carbocycles. The van der Waals surface area contributed by atoms with Crippen molar-refractivity contribution in [3.05, 3.63) is 34.9 Å². The second-order valence-corrected chi connectivity index (χ2v) is 10.5. The SMILES string of the molecule is CC1CCN(CCCCNC(=O)[C@@H]2C[C@H]3CCCC[C@H]3N2C(=O)c2cccc(Cl)c2)CC1. The fraction of sp³-hybridized carbons (Fsp3) is 0.692. The summed E-state index contributed by atoms with van der Waals surface area (Å²) in [4.78, 5) is 31.0. The van der Waals surface area contributed by atoms with Gasteiger partial charge in [0, 0.05) is 23.2 Å². The zero-order valence-corrected chi connectivity index (χ0v) is 20.2. The molecule has 0 aromatic heterocycles. The summed E-state index contributed by atoms with van der Waals surface area (Å²) < 4.78 is 0. The van der Waals surface area contributed by atoms with Gasteiger partial charge in [0.25, 0.3) is 5.91 Å². The minimum Gasteiger partial charge on any atom is -0.354 e. The number of unbranched alkanes of at least 4 members (excludes halogenated alkanes) is 1. The van der Waals surface area contributed by atoms with Gasteiger partial charge in [-0.05, 0) is 94.6 Å². The van der Waals surface area contributed by atoms with Gasteiger partial charge in [-0.3, -0.25) is 9.59 Å². The Hall–Kier alpha value is -1.59. The van der Waals surface area contributed by atoms with Crippen LogP contribution in [0, 0.1) is 11.8 Å². The van der Waals surface area contributed by atoms with Gasteiger partial charge in [-0.2, -0.15) is 0 Å². The summed E-state index contributed by atoms with van der Waals surface area (Å²) in [6.45, 7) is 6.56. The van der Waals surface area contributed by atoms with E-state index >= 15 is 0 Å². The average molecular weight is 460 g/mol. The molecule has 0 unspecified atom stereocenters. The molecule has 4 rings (SSSR count). The molecule has 0 radical (unpaired) electrons. The van der Waals surface area contributed by atoms with Crippen molar-refractivity contribution in [2.24, 2.45) is 11.8 Å². The molecule has 1 aromatic carbocycles. The van der Waals surface area contributed by atoms with Crippen LogP contribution in [0.3, 0.4) is 0 Å². The lowest BCUT2D eigenvalue weighted by Crippen LogP contribution is -2.49. The van der Waals surface area contributed by atoms with E-state index in [0.29, 0.717) is 23.0 Å². The minimum absolute atomic E-state index is 0.0153. The van der Waals surface area contributed by atoms with Gasteiger partial charge in [0.05, 0.1) is 0 Å². The molecule has 0 spiro atoms. The normalized spacial score (nSPS) is 26.7. The number of fused-ring (bicyclic) bond motifs is 1. The molecular weight excluding hydrogens is 422 g/mol. The molecule has 1 aromatic rings. The third-order valence-corrected chi connectivity index (χ3v) is 8.01. The van der Waals surface area contributed by atoms with Crippen LogP contribution in [0.1, 0.15) is 75.1 Å². The fourth-order valence-corrected chi connectivity index (χ4v) is 6.02. The Kier molecular flexibility index (Phi) is 8.12. The molecule has 0 bridgehead atoms. The van der Waals surface area contributed by atoms with E-state index in [0.717, 1.165) is 51.0 Å². The van der Waals surface area contributed by atoms with Gasteiger partial charge in [-0.1, -0.05) is 37.4 Å². The Balaban J connectivity index is 1.31. The van der Waals surface area contributed by atoms with E-state index in [4.69, 9.17) is 11.6 Å². The molecule has 1 N–H and O–H groups in total. The lowest BCUT2D eigenvalue weighted by molar-refractivity contribution is -0.125. The summed E-state index contributed by atoms with van der Waals surface area (Å²) in [5.74, 6) is 1.25. The molecule has 32 heavy (non-hydrogen) atoms. The molecule has 3 fully saturated rings. The second kappa shape index (κ2) is 11.0. The highest BCUT2D eigenvalue weighted by molar-refractivity contribution is 6.31. The van der Waals surface area contributed by atoms with Gasteiger partial charge in [0.15, 0.2) is 0 Å². The third-order valence-electron chi connectivity index (χ3n) is 7.77. The van der Waals surface area contributed by atoms with Gasteiger partial charge >= 0.3 is 0 Å².